The van der Waals surface area contributed by atoms with Gasteiger partial charge in [0.25, 0.3) is 0 Å². The molecule has 8 nitrogen and oxygen atoms in total. The Morgan fingerprint density at radius 1 is 1.03 bits per heavy atom. The molecule has 1 amide bonds. The van der Waals surface area contributed by atoms with Crippen LogP contribution in [0.4, 0.5) is 5.69 Å². The number of rotatable bonds is 11. The molecule has 0 fully saturated rings. The van der Waals surface area contributed by atoms with Crippen molar-refractivity contribution in [2.45, 2.75) is 26.3 Å². The van der Waals surface area contributed by atoms with Crippen molar-refractivity contribution in [2.75, 3.05) is 59.7 Å². The highest BCUT2D eigenvalue weighted by molar-refractivity contribution is 6.07. The van der Waals surface area contributed by atoms with Crippen molar-refractivity contribution >= 4 is 45.9 Å². The van der Waals surface area contributed by atoms with E-state index in [1.165, 1.54) is 0 Å². The van der Waals surface area contributed by atoms with Crippen LogP contribution in [0.3, 0.4) is 0 Å². The van der Waals surface area contributed by atoms with E-state index in [0.717, 1.165) is 65.8 Å². The van der Waals surface area contributed by atoms with Gasteiger partial charge in [0.05, 0.1) is 22.3 Å². The van der Waals surface area contributed by atoms with E-state index in [4.69, 9.17) is 4.98 Å². The smallest absolute Gasteiger partial charge is 0.241 e. The molecule has 0 bridgehead atoms. The van der Waals surface area contributed by atoms with Crippen LogP contribution in [-0.4, -0.2) is 84.8 Å². The largest absolute Gasteiger partial charge is 0.384 e. The number of anilines is 1. The Labute approximate surface area is 196 Å². The number of aryl methyl sites for hydroxylation is 1. The topological polar surface area (TPSA) is 78.3 Å². The van der Waals surface area contributed by atoms with Gasteiger partial charge < -0.3 is 20.4 Å². The average Bonchev–Trinajstić information content (AvgIpc) is 3.02. The van der Waals surface area contributed by atoms with Gasteiger partial charge >= 0.3 is 0 Å². The maximum absolute atomic E-state index is 12.5. The van der Waals surface area contributed by atoms with Gasteiger partial charge in [0, 0.05) is 18.5 Å². The van der Waals surface area contributed by atoms with Crippen LogP contribution in [0.15, 0.2) is 24.3 Å². The number of benzene rings is 1. The Kier molecular flexibility index (Phi) is 9.68. The van der Waals surface area contributed by atoms with E-state index in [2.05, 4.69) is 45.7 Å². The first-order valence-electron chi connectivity index (χ1n) is 10.9. The van der Waals surface area contributed by atoms with Crippen molar-refractivity contribution in [1.82, 2.24) is 29.9 Å². The minimum Gasteiger partial charge on any atom is -0.384 e. The molecule has 1 aromatic carbocycles. The molecule has 176 valence electrons. The number of pyridine rings is 1. The Morgan fingerprint density at radius 2 is 1.69 bits per heavy atom. The summed E-state index contributed by atoms with van der Waals surface area (Å²) in [7, 11) is 8.23. The van der Waals surface area contributed by atoms with E-state index in [-0.39, 0.29) is 24.9 Å². The molecule has 0 aliphatic heterocycles. The normalized spacial score (nSPS) is 11.3. The van der Waals surface area contributed by atoms with Crippen molar-refractivity contribution in [1.29, 1.82) is 0 Å². The second-order valence-electron chi connectivity index (χ2n) is 8.54. The summed E-state index contributed by atoms with van der Waals surface area (Å²) in [6.07, 6.45) is 1.95. The summed E-state index contributed by atoms with van der Waals surface area (Å²) < 4.78 is 1.73. The molecule has 0 aliphatic rings. The number of halogens is 1. The fourth-order valence-electron chi connectivity index (χ4n) is 3.72. The molecule has 0 spiro atoms. The number of aromatic nitrogens is 3. The quantitative estimate of drug-likeness (QED) is 0.427. The van der Waals surface area contributed by atoms with Gasteiger partial charge in [-0.15, -0.1) is 12.4 Å². The number of carbonyl (C=O) groups is 1. The van der Waals surface area contributed by atoms with E-state index < -0.39 is 0 Å². The van der Waals surface area contributed by atoms with E-state index >= 15 is 0 Å². The first-order chi connectivity index (χ1) is 14.9. The Morgan fingerprint density at radius 3 is 2.38 bits per heavy atom. The van der Waals surface area contributed by atoms with Crippen molar-refractivity contribution in [3.05, 3.63) is 30.0 Å². The van der Waals surface area contributed by atoms with Crippen LogP contribution >= 0.6 is 12.4 Å². The number of nitrogens with one attached hydrogen (secondary N) is 2. The maximum atomic E-state index is 12.5. The van der Waals surface area contributed by atoms with Crippen LogP contribution in [0, 0.1) is 6.92 Å². The molecule has 0 radical (unpaired) electrons. The first kappa shape index (κ1) is 25.8. The van der Waals surface area contributed by atoms with Crippen molar-refractivity contribution < 1.29 is 4.79 Å². The third kappa shape index (κ3) is 6.54. The summed E-state index contributed by atoms with van der Waals surface area (Å²) in [5.74, 6) is -0.0430. The molecule has 0 aliphatic carbocycles. The highest BCUT2D eigenvalue weighted by atomic mass is 35.5. The number of fused-ring (bicyclic) bond motifs is 2. The van der Waals surface area contributed by atoms with Crippen LogP contribution in [-0.2, 0) is 11.3 Å². The van der Waals surface area contributed by atoms with Gasteiger partial charge in [-0.1, -0.05) is 18.2 Å². The molecule has 2 N–H and O–H groups in total. The van der Waals surface area contributed by atoms with Crippen molar-refractivity contribution in [2.24, 2.45) is 0 Å². The standard InChI is InChI=1S/C23H35N7O.ClH/c1-17-21-22(25-13-9-15-29(4)5)18-10-6-7-11-19(18)26-23(21)30(27-17)16-20(31)24-12-8-14-28(2)3;/h6-7,10-11H,8-9,12-16H2,1-5H3,(H,24,31)(H,25,26);1H. The molecule has 0 atom stereocenters. The summed E-state index contributed by atoms with van der Waals surface area (Å²) in [5.41, 5.74) is 3.57. The average molecular weight is 462 g/mol. The molecular weight excluding hydrogens is 426 g/mol. The molecule has 2 aromatic heterocycles. The first-order valence-corrected chi connectivity index (χ1v) is 10.9. The van der Waals surface area contributed by atoms with Crippen LogP contribution in [0.25, 0.3) is 21.9 Å². The number of hydrogen-bond donors (Lipinski definition) is 2. The number of nitrogens with zero attached hydrogens (tertiary/aromatic N) is 5. The molecule has 2 heterocycles. The second kappa shape index (κ2) is 12.0. The lowest BCUT2D eigenvalue weighted by Gasteiger charge is -2.14. The fourth-order valence-corrected chi connectivity index (χ4v) is 3.72. The van der Waals surface area contributed by atoms with Crippen molar-refractivity contribution in [3.63, 3.8) is 0 Å². The van der Waals surface area contributed by atoms with Crippen molar-refractivity contribution in [3.8, 4) is 0 Å². The monoisotopic (exact) mass is 461 g/mol. The zero-order valence-electron chi connectivity index (χ0n) is 19.8. The predicted octanol–water partition coefficient (Wildman–Crippen LogP) is 2.75. The molecule has 3 aromatic rings. The van der Waals surface area contributed by atoms with E-state index in [1.807, 2.05) is 39.2 Å². The minimum absolute atomic E-state index is 0. The zero-order valence-corrected chi connectivity index (χ0v) is 20.6. The lowest BCUT2D eigenvalue weighted by atomic mass is 10.1. The van der Waals surface area contributed by atoms with Crippen LogP contribution in [0.1, 0.15) is 18.5 Å². The lowest BCUT2D eigenvalue weighted by Crippen LogP contribution is -2.30. The SMILES string of the molecule is Cc1nn(CC(=O)NCCCN(C)C)c2nc3ccccc3c(NCCCN(C)C)c12.Cl. The number of carbonyl (C=O) groups excluding carboxylic acids is 1. The van der Waals surface area contributed by atoms with Gasteiger partial charge in [-0.3, -0.25) is 4.79 Å². The number of hydrogen-bond acceptors (Lipinski definition) is 6. The molecule has 9 heteroatoms. The predicted molar refractivity (Wildman–Crippen MR) is 135 cm³/mol. The summed E-state index contributed by atoms with van der Waals surface area (Å²) >= 11 is 0. The van der Waals surface area contributed by atoms with E-state index in [1.54, 1.807) is 4.68 Å². The summed E-state index contributed by atoms with van der Waals surface area (Å²) in [4.78, 5) is 21.6. The highest BCUT2D eigenvalue weighted by Crippen LogP contribution is 2.32. The Hall–Kier alpha value is -2.42. The summed E-state index contributed by atoms with van der Waals surface area (Å²) in [5, 5.41) is 13.3. The van der Waals surface area contributed by atoms with Gasteiger partial charge in [-0.2, -0.15) is 5.10 Å². The van der Waals surface area contributed by atoms with Gasteiger partial charge in [0.15, 0.2) is 5.65 Å². The molecule has 0 saturated carbocycles. The summed E-state index contributed by atoms with van der Waals surface area (Å²) in [6, 6.07) is 8.11. The van der Waals surface area contributed by atoms with Gasteiger partial charge in [-0.05, 0) is 67.1 Å². The number of para-hydroxylation sites is 1. The van der Waals surface area contributed by atoms with Gasteiger partial charge in [0.2, 0.25) is 5.91 Å². The second-order valence-corrected chi connectivity index (χ2v) is 8.54. The lowest BCUT2D eigenvalue weighted by molar-refractivity contribution is -0.121. The van der Waals surface area contributed by atoms with E-state index in [9.17, 15) is 4.79 Å². The Bertz CT molecular complexity index is 1030. The van der Waals surface area contributed by atoms with Crippen LogP contribution in [0.2, 0.25) is 0 Å². The molecule has 0 saturated heterocycles. The number of amides is 1. The third-order valence-corrected chi connectivity index (χ3v) is 5.23. The highest BCUT2D eigenvalue weighted by Gasteiger charge is 2.18. The van der Waals surface area contributed by atoms with E-state index in [0.29, 0.717) is 6.54 Å². The van der Waals surface area contributed by atoms with Crippen LogP contribution < -0.4 is 10.6 Å². The molecular formula is C23H36ClN7O. The minimum atomic E-state index is -0.0430. The van der Waals surface area contributed by atoms with Gasteiger partial charge in [0.1, 0.15) is 6.54 Å². The fraction of sp³-hybridized carbons (Fsp3) is 0.522. The third-order valence-electron chi connectivity index (χ3n) is 5.23. The maximum Gasteiger partial charge on any atom is 0.241 e. The molecule has 32 heavy (non-hydrogen) atoms. The zero-order chi connectivity index (χ0) is 22.4. The molecule has 0 unspecified atom stereocenters. The Balaban J connectivity index is 0.00000363. The summed E-state index contributed by atoms with van der Waals surface area (Å²) in [6.45, 7) is 5.63. The molecule has 3 rings (SSSR count). The van der Waals surface area contributed by atoms with Crippen LogP contribution in [0.5, 0.6) is 0 Å². The van der Waals surface area contributed by atoms with Gasteiger partial charge in [-0.25, -0.2) is 9.67 Å².